The van der Waals surface area contributed by atoms with Gasteiger partial charge in [-0.25, -0.2) is 0 Å². The molecule has 3 N–H and O–H groups in total. The highest BCUT2D eigenvalue weighted by molar-refractivity contribution is 7.71. The predicted molar refractivity (Wildman–Crippen MR) is 64.2 cm³/mol. The molecule has 0 spiro atoms. The molecule has 1 heterocycles. The number of H-pyrrole nitrogens is 1. The number of rotatable bonds is 2. The standard InChI is InChI=1S/C11H11N3OS/c1-7-6-13-11(16)14(7)9-4-2-8(3-5-9)10(12)15/h2-6H,1H3,(H2,12,15)(H,13,16). The number of carbonyl (C=O) groups is 1. The summed E-state index contributed by atoms with van der Waals surface area (Å²) in [5.41, 5.74) is 7.58. The molecule has 0 saturated carbocycles. The summed E-state index contributed by atoms with van der Waals surface area (Å²) >= 11 is 5.16. The Bertz CT molecular complexity index is 580. The third-order valence-corrected chi connectivity index (χ3v) is 2.67. The van der Waals surface area contributed by atoms with E-state index < -0.39 is 5.91 Å². The molecule has 4 nitrogen and oxygen atoms in total. The maximum absolute atomic E-state index is 10.9. The largest absolute Gasteiger partial charge is 0.366 e. The van der Waals surface area contributed by atoms with Gasteiger partial charge in [0.25, 0.3) is 0 Å². The van der Waals surface area contributed by atoms with Crippen LogP contribution < -0.4 is 5.73 Å². The Kier molecular flexibility index (Phi) is 2.62. The van der Waals surface area contributed by atoms with Gasteiger partial charge in [-0.3, -0.25) is 9.36 Å². The first-order valence-corrected chi connectivity index (χ1v) is 5.17. The highest BCUT2D eigenvalue weighted by atomic mass is 32.1. The molecule has 2 aromatic rings. The maximum atomic E-state index is 10.9. The van der Waals surface area contributed by atoms with Crippen LogP contribution in [0.2, 0.25) is 0 Å². The Labute approximate surface area is 97.7 Å². The lowest BCUT2D eigenvalue weighted by molar-refractivity contribution is 0.100. The number of nitrogens with two attached hydrogens (primary N) is 1. The quantitative estimate of drug-likeness (QED) is 0.779. The smallest absolute Gasteiger partial charge is 0.248 e. The van der Waals surface area contributed by atoms with Crippen molar-refractivity contribution in [2.24, 2.45) is 5.73 Å². The zero-order valence-electron chi connectivity index (χ0n) is 8.73. The summed E-state index contributed by atoms with van der Waals surface area (Å²) < 4.78 is 2.52. The van der Waals surface area contributed by atoms with Gasteiger partial charge in [0.1, 0.15) is 0 Å². The van der Waals surface area contributed by atoms with E-state index >= 15 is 0 Å². The van der Waals surface area contributed by atoms with Crippen LogP contribution >= 0.6 is 12.2 Å². The van der Waals surface area contributed by atoms with Gasteiger partial charge in [0.15, 0.2) is 4.77 Å². The zero-order valence-corrected chi connectivity index (χ0v) is 9.54. The van der Waals surface area contributed by atoms with Crippen LogP contribution in [-0.2, 0) is 0 Å². The van der Waals surface area contributed by atoms with Crippen molar-refractivity contribution in [2.75, 3.05) is 0 Å². The van der Waals surface area contributed by atoms with E-state index in [9.17, 15) is 4.79 Å². The van der Waals surface area contributed by atoms with Gasteiger partial charge in [-0.1, -0.05) is 0 Å². The third kappa shape index (κ3) is 1.77. The lowest BCUT2D eigenvalue weighted by Gasteiger charge is -2.05. The number of hydrogen-bond donors (Lipinski definition) is 2. The van der Waals surface area contributed by atoms with E-state index in [0.717, 1.165) is 11.4 Å². The van der Waals surface area contributed by atoms with Crippen LogP contribution in [0.1, 0.15) is 16.1 Å². The molecule has 0 fully saturated rings. The first-order valence-electron chi connectivity index (χ1n) is 4.77. The first-order chi connectivity index (χ1) is 7.59. The molecule has 0 saturated heterocycles. The molecule has 2 rings (SSSR count). The Hall–Kier alpha value is -1.88. The lowest BCUT2D eigenvalue weighted by Crippen LogP contribution is -2.10. The monoisotopic (exact) mass is 233 g/mol. The lowest BCUT2D eigenvalue weighted by atomic mass is 10.2. The van der Waals surface area contributed by atoms with Crippen molar-refractivity contribution in [1.82, 2.24) is 9.55 Å². The van der Waals surface area contributed by atoms with Crippen LogP contribution in [0.15, 0.2) is 30.5 Å². The highest BCUT2D eigenvalue weighted by Gasteiger charge is 2.04. The van der Waals surface area contributed by atoms with E-state index in [1.54, 1.807) is 12.1 Å². The van der Waals surface area contributed by atoms with Crippen LogP contribution in [-0.4, -0.2) is 15.5 Å². The number of benzene rings is 1. The fourth-order valence-electron chi connectivity index (χ4n) is 1.55. The molecule has 0 atom stereocenters. The zero-order chi connectivity index (χ0) is 11.7. The summed E-state index contributed by atoms with van der Waals surface area (Å²) in [6.07, 6.45) is 1.84. The van der Waals surface area contributed by atoms with Crippen LogP contribution in [0.5, 0.6) is 0 Å². The average Bonchev–Trinajstić information content (AvgIpc) is 2.59. The van der Waals surface area contributed by atoms with Gasteiger partial charge >= 0.3 is 0 Å². The van der Waals surface area contributed by atoms with Crippen LogP contribution in [0.4, 0.5) is 0 Å². The summed E-state index contributed by atoms with van der Waals surface area (Å²) in [5, 5.41) is 0. The Balaban J connectivity index is 2.50. The summed E-state index contributed by atoms with van der Waals surface area (Å²) in [6, 6.07) is 7.01. The van der Waals surface area contributed by atoms with Gasteiger partial charge in [0.2, 0.25) is 5.91 Å². The van der Waals surface area contributed by atoms with Gasteiger partial charge in [0, 0.05) is 23.1 Å². The molecule has 1 aromatic carbocycles. The number of hydrogen-bond acceptors (Lipinski definition) is 2. The molecular formula is C11H11N3OS. The van der Waals surface area contributed by atoms with E-state index in [2.05, 4.69) is 4.98 Å². The van der Waals surface area contributed by atoms with Crippen molar-refractivity contribution in [3.8, 4) is 5.69 Å². The van der Waals surface area contributed by atoms with Crippen LogP contribution in [0, 0.1) is 11.7 Å². The SMILES string of the molecule is Cc1c[nH]c(=S)n1-c1ccc(C(N)=O)cc1. The molecule has 0 aliphatic heterocycles. The highest BCUT2D eigenvalue weighted by Crippen LogP contribution is 2.13. The fourth-order valence-corrected chi connectivity index (χ4v) is 1.86. The number of aromatic amines is 1. The molecule has 5 heteroatoms. The summed E-state index contributed by atoms with van der Waals surface area (Å²) in [5.74, 6) is -0.430. The number of imidazole rings is 1. The first kappa shape index (κ1) is 10.6. The van der Waals surface area contributed by atoms with Crippen LogP contribution in [0.3, 0.4) is 0 Å². The molecule has 0 aliphatic rings. The predicted octanol–water partition coefficient (Wildman–Crippen LogP) is 1.94. The minimum atomic E-state index is -0.430. The second kappa shape index (κ2) is 3.94. The number of aromatic nitrogens is 2. The number of aryl methyl sites for hydroxylation is 1. The summed E-state index contributed by atoms with van der Waals surface area (Å²) in [7, 11) is 0. The minimum absolute atomic E-state index is 0.430. The van der Waals surface area contributed by atoms with Crippen molar-refractivity contribution in [2.45, 2.75) is 6.92 Å². The Morgan fingerprint density at radius 1 is 1.38 bits per heavy atom. The summed E-state index contributed by atoms with van der Waals surface area (Å²) in [4.78, 5) is 13.9. The van der Waals surface area contributed by atoms with E-state index in [1.807, 2.05) is 29.8 Å². The van der Waals surface area contributed by atoms with Gasteiger partial charge < -0.3 is 10.7 Å². The Morgan fingerprint density at radius 3 is 2.44 bits per heavy atom. The minimum Gasteiger partial charge on any atom is -0.366 e. The number of nitrogens with one attached hydrogen (secondary N) is 1. The molecule has 0 unspecified atom stereocenters. The van der Waals surface area contributed by atoms with Crippen molar-refractivity contribution >= 4 is 18.1 Å². The van der Waals surface area contributed by atoms with E-state index in [-0.39, 0.29) is 0 Å². The molecule has 82 valence electrons. The maximum Gasteiger partial charge on any atom is 0.248 e. The van der Waals surface area contributed by atoms with Gasteiger partial charge in [-0.15, -0.1) is 0 Å². The van der Waals surface area contributed by atoms with Gasteiger partial charge in [-0.05, 0) is 43.4 Å². The third-order valence-electron chi connectivity index (χ3n) is 2.37. The topological polar surface area (TPSA) is 63.8 Å². The molecule has 1 aromatic heterocycles. The molecule has 0 bridgehead atoms. The van der Waals surface area contributed by atoms with Crippen molar-refractivity contribution in [3.63, 3.8) is 0 Å². The second-order valence-electron chi connectivity index (χ2n) is 3.48. The second-order valence-corrected chi connectivity index (χ2v) is 3.87. The molecule has 1 amide bonds. The van der Waals surface area contributed by atoms with Gasteiger partial charge in [-0.2, -0.15) is 0 Å². The van der Waals surface area contributed by atoms with E-state index in [0.29, 0.717) is 10.3 Å². The molecular weight excluding hydrogens is 222 g/mol. The van der Waals surface area contributed by atoms with E-state index in [1.165, 1.54) is 0 Å². The fraction of sp³-hybridized carbons (Fsp3) is 0.0909. The van der Waals surface area contributed by atoms with Gasteiger partial charge in [0.05, 0.1) is 0 Å². The molecule has 0 radical (unpaired) electrons. The molecule has 0 aliphatic carbocycles. The van der Waals surface area contributed by atoms with Crippen LogP contribution in [0.25, 0.3) is 5.69 Å². The Morgan fingerprint density at radius 2 is 2.00 bits per heavy atom. The number of primary amides is 1. The number of nitrogens with zero attached hydrogens (tertiary/aromatic N) is 1. The summed E-state index contributed by atoms with van der Waals surface area (Å²) in [6.45, 7) is 1.95. The van der Waals surface area contributed by atoms with Crippen molar-refractivity contribution in [3.05, 3.63) is 46.5 Å². The average molecular weight is 233 g/mol. The number of carbonyl (C=O) groups excluding carboxylic acids is 1. The van der Waals surface area contributed by atoms with Crippen molar-refractivity contribution in [1.29, 1.82) is 0 Å². The normalized spacial score (nSPS) is 10.3. The van der Waals surface area contributed by atoms with E-state index in [4.69, 9.17) is 18.0 Å². The number of amides is 1. The molecule has 16 heavy (non-hydrogen) atoms. The van der Waals surface area contributed by atoms with Crippen molar-refractivity contribution < 1.29 is 4.79 Å².